The maximum absolute atomic E-state index is 13.0. The standard InChI is InChI=1S/C34H32N6O30S9/c41-31-28(38-35-23-7-3-20(16-26(23)76(52,53)54)74(48,49)13-10-65-72-70-68-45)32(42)30(33(43)29(31)39-36-24-8-4-21(17-27(24)77(55,56)57)75(50,51)14-11-66-79(61,62)63)40-37-25-6-1-18-15-19(2-5-22(18)34(25)78(58,59)60)73(46,47)12-9-64-71-69-67-44/h1-8,15-17,41-45H,9-14H2,(H,52,53,54)(H,55,56,57)(H,58,59,60)(H,61,62,63). The van der Waals surface area contributed by atoms with E-state index in [0.717, 1.165) is 36.4 Å². The van der Waals surface area contributed by atoms with E-state index in [1.165, 1.54) is 0 Å². The average Bonchev–Trinajstić information content (AvgIpc) is 3.35. The lowest BCUT2D eigenvalue weighted by atomic mass is 10.1. The van der Waals surface area contributed by atoms with Gasteiger partial charge in [0.15, 0.2) is 88.5 Å². The molecular formula is C34H32N6O30S9. The molecule has 0 fully saturated rings. The topological polar surface area (TPSA) is 560 Å². The van der Waals surface area contributed by atoms with Crippen molar-refractivity contribution in [2.75, 3.05) is 37.1 Å². The zero-order valence-electron chi connectivity index (χ0n) is 38.0. The Hall–Kier alpha value is -5.61. The van der Waals surface area contributed by atoms with Crippen molar-refractivity contribution in [1.29, 1.82) is 0 Å². The molecule has 0 saturated carbocycles. The third-order valence-corrected chi connectivity index (χ3v) is 18.4. The number of aromatic hydroxyl groups is 3. The Morgan fingerprint density at radius 1 is 0.430 bits per heavy atom. The van der Waals surface area contributed by atoms with Crippen LogP contribution in [0.3, 0.4) is 0 Å². The molecule has 36 nitrogen and oxygen atoms in total. The quantitative estimate of drug-likeness (QED) is 0.00786. The molecule has 0 aliphatic carbocycles. The summed E-state index contributed by atoms with van der Waals surface area (Å²) in [5, 5.41) is 77.8. The second-order valence-corrected chi connectivity index (χ2v) is 27.0. The smallest absolute Gasteiger partial charge is 0.397 e. The van der Waals surface area contributed by atoms with Gasteiger partial charge in [0.05, 0.1) is 51.8 Å². The molecule has 0 amide bonds. The summed E-state index contributed by atoms with van der Waals surface area (Å²) in [6.07, 6.45) is 0. The lowest BCUT2D eigenvalue weighted by molar-refractivity contribution is -0.434. The maximum Gasteiger partial charge on any atom is 0.397 e. The van der Waals surface area contributed by atoms with Crippen LogP contribution in [-0.4, -0.2) is 140 Å². The first-order chi connectivity index (χ1) is 36.6. The number of fused-ring (bicyclic) bond motifs is 1. The summed E-state index contributed by atoms with van der Waals surface area (Å²) in [5.41, 5.74) is -6.84. The van der Waals surface area contributed by atoms with E-state index in [2.05, 4.69) is 57.8 Å². The molecular weight excluding hydrogens is 1260 g/mol. The molecule has 0 atom stereocenters. The molecule has 0 spiro atoms. The summed E-state index contributed by atoms with van der Waals surface area (Å²) >= 11 is 0.0795. The number of phenolic OH excluding ortho intramolecular Hbond substituents is 3. The van der Waals surface area contributed by atoms with Crippen LogP contribution >= 0.6 is 24.6 Å². The molecule has 79 heavy (non-hydrogen) atoms. The van der Waals surface area contributed by atoms with Crippen molar-refractivity contribution >= 4 is 140 Å². The molecule has 5 aromatic rings. The molecule has 45 heteroatoms. The fourth-order valence-corrected chi connectivity index (χ4v) is 12.7. The van der Waals surface area contributed by atoms with Crippen LogP contribution in [0.25, 0.3) is 10.8 Å². The zero-order chi connectivity index (χ0) is 58.9. The van der Waals surface area contributed by atoms with Gasteiger partial charge in [-0.05, 0) is 60.0 Å². The van der Waals surface area contributed by atoms with Crippen molar-refractivity contribution < 1.29 is 134 Å². The highest BCUT2D eigenvalue weighted by molar-refractivity contribution is 7.92. The second kappa shape index (κ2) is 25.9. The number of hydrogen-bond donors (Lipinski definition) is 9. The first kappa shape index (κ1) is 64.2. The summed E-state index contributed by atoms with van der Waals surface area (Å²) in [4.78, 5) is -5.91. The Balaban J connectivity index is 1.71. The summed E-state index contributed by atoms with van der Waals surface area (Å²) in [6, 6.07) is 7.87. The fourth-order valence-electron chi connectivity index (χ4n) is 6.06. The highest BCUT2D eigenvalue weighted by Crippen LogP contribution is 2.57. The van der Waals surface area contributed by atoms with Gasteiger partial charge in [0.25, 0.3) is 30.4 Å². The lowest BCUT2D eigenvalue weighted by Gasteiger charge is -2.12. The van der Waals surface area contributed by atoms with Crippen LogP contribution in [0.4, 0.5) is 34.1 Å². The third kappa shape index (κ3) is 17.0. The first-order valence-electron chi connectivity index (χ1n) is 19.8. The number of benzene rings is 5. The molecule has 0 saturated heterocycles. The van der Waals surface area contributed by atoms with E-state index in [1.54, 1.807) is 0 Å². The molecule has 5 rings (SSSR count). The van der Waals surface area contributed by atoms with E-state index < -0.39 is 193 Å². The molecule has 9 N–H and O–H groups in total. The largest absolute Gasteiger partial charge is 0.504 e. The molecule has 432 valence electrons. The molecule has 0 aliphatic rings. The Bertz CT molecular complexity index is 4070. The minimum Gasteiger partial charge on any atom is -0.504 e. The number of phenols is 3. The van der Waals surface area contributed by atoms with E-state index >= 15 is 0 Å². The van der Waals surface area contributed by atoms with Crippen molar-refractivity contribution in [2.45, 2.75) is 29.4 Å². The van der Waals surface area contributed by atoms with Crippen LogP contribution in [0, 0.1) is 0 Å². The predicted molar refractivity (Wildman–Crippen MR) is 261 cm³/mol. The van der Waals surface area contributed by atoms with Gasteiger partial charge in [-0.3, -0.25) is 26.6 Å². The average molecular weight is 1290 g/mol. The highest BCUT2D eigenvalue weighted by atomic mass is 32.3. The van der Waals surface area contributed by atoms with Crippen LogP contribution in [0.2, 0.25) is 0 Å². The zero-order valence-corrected chi connectivity index (χ0v) is 45.4. The monoisotopic (exact) mass is 1290 g/mol. The van der Waals surface area contributed by atoms with Crippen molar-refractivity contribution in [3.63, 3.8) is 0 Å². The number of nitrogens with zero attached hydrogens (tertiary/aromatic N) is 6. The van der Waals surface area contributed by atoms with E-state index in [0.29, 0.717) is 24.3 Å². The van der Waals surface area contributed by atoms with Gasteiger partial charge in [-0.25, -0.2) is 40.0 Å². The SMILES string of the molecule is O=S(=O)(O)OCCS(=O)(=O)c1ccc(N=Nc2c(O)c(N=Nc3ccc(S(=O)(=O)CCOSOOO)cc3S(=O)(=O)O)c(O)c(N=Nc3ccc4cc(S(=O)(=O)CCOSOOO)ccc4c3S(=O)(=O)O)c2O)c(S(=O)(=O)O)c1. The van der Waals surface area contributed by atoms with Crippen molar-refractivity contribution in [2.24, 2.45) is 30.7 Å². The summed E-state index contributed by atoms with van der Waals surface area (Å²) in [7, 11) is -35.0. The van der Waals surface area contributed by atoms with E-state index in [1.807, 2.05) is 0 Å². The van der Waals surface area contributed by atoms with Gasteiger partial charge in [-0.15, -0.1) is 39.4 Å². The van der Waals surface area contributed by atoms with Gasteiger partial charge in [0.2, 0.25) is 0 Å². The molecule has 5 aromatic carbocycles. The summed E-state index contributed by atoms with van der Waals surface area (Å²) < 4.78 is 236. The van der Waals surface area contributed by atoms with Gasteiger partial charge >= 0.3 is 10.4 Å². The second-order valence-electron chi connectivity index (χ2n) is 14.4. The molecule has 0 bridgehead atoms. The Morgan fingerprint density at radius 2 is 0.797 bits per heavy atom. The number of hydrogen-bond acceptors (Lipinski definition) is 34. The third-order valence-electron chi connectivity index (χ3n) is 9.46. The van der Waals surface area contributed by atoms with Gasteiger partial charge in [0.1, 0.15) is 31.7 Å². The van der Waals surface area contributed by atoms with Gasteiger partial charge < -0.3 is 15.3 Å². The summed E-state index contributed by atoms with van der Waals surface area (Å²) in [5.74, 6) is -7.42. The van der Waals surface area contributed by atoms with Crippen molar-refractivity contribution in [3.8, 4) is 17.2 Å². The van der Waals surface area contributed by atoms with Crippen LogP contribution in [0.1, 0.15) is 0 Å². The van der Waals surface area contributed by atoms with Crippen LogP contribution in [-0.2, 0) is 102 Å². The first-order valence-corrected chi connectivity index (χ1v) is 31.8. The maximum atomic E-state index is 13.0. The normalized spacial score (nSPS) is 13.4. The molecule has 0 aliphatic heterocycles. The van der Waals surface area contributed by atoms with Crippen molar-refractivity contribution in [1.82, 2.24) is 0 Å². The molecule has 0 heterocycles. The Labute approximate surface area is 452 Å². The predicted octanol–water partition coefficient (Wildman–Crippen LogP) is 5.09. The van der Waals surface area contributed by atoms with Crippen molar-refractivity contribution in [3.05, 3.63) is 66.7 Å². The Morgan fingerprint density at radius 3 is 1.18 bits per heavy atom. The molecule has 0 aromatic heterocycles. The molecule has 0 unspecified atom stereocenters. The van der Waals surface area contributed by atoms with Crippen LogP contribution < -0.4 is 0 Å². The van der Waals surface area contributed by atoms with Gasteiger partial charge in [-0.2, -0.15) is 33.7 Å². The number of rotatable bonds is 28. The lowest BCUT2D eigenvalue weighted by Crippen LogP contribution is -2.16. The van der Waals surface area contributed by atoms with E-state index in [9.17, 15) is 87.9 Å². The number of azo groups is 3. The highest BCUT2D eigenvalue weighted by Gasteiger charge is 2.29. The van der Waals surface area contributed by atoms with E-state index in [4.69, 9.17) is 19.3 Å². The Kier molecular flexibility index (Phi) is 21.0. The number of sulfone groups is 3. The fraction of sp³-hybridized carbons (Fsp3) is 0.176. The van der Waals surface area contributed by atoms with E-state index in [-0.39, 0.29) is 36.1 Å². The molecule has 0 radical (unpaired) electrons. The summed E-state index contributed by atoms with van der Waals surface area (Å²) in [6.45, 7) is -2.37. The van der Waals surface area contributed by atoms with Gasteiger partial charge in [-0.1, -0.05) is 22.2 Å². The minimum atomic E-state index is -5.54. The minimum absolute atomic E-state index is 0.000229. The van der Waals surface area contributed by atoms with Crippen LogP contribution in [0.5, 0.6) is 17.2 Å². The van der Waals surface area contributed by atoms with Gasteiger partial charge in [0, 0.05) is 5.39 Å². The van der Waals surface area contributed by atoms with Crippen LogP contribution in [0.15, 0.2) is 127 Å².